The van der Waals surface area contributed by atoms with E-state index in [1.54, 1.807) is 0 Å². The smallest absolute Gasteiger partial charge is 0.309 e. The molecule has 0 spiro atoms. The van der Waals surface area contributed by atoms with Gasteiger partial charge in [-0.2, -0.15) is 0 Å². The van der Waals surface area contributed by atoms with E-state index in [1.165, 1.54) is 0 Å². The van der Waals surface area contributed by atoms with Crippen molar-refractivity contribution in [2.24, 2.45) is 0 Å². The first-order valence-corrected chi connectivity index (χ1v) is 5.34. The zero-order valence-electron chi connectivity index (χ0n) is 9.48. The molecule has 1 aromatic carbocycles. The van der Waals surface area contributed by atoms with Gasteiger partial charge >= 0.3 is 5.56 Å². The van der Waals surface area contributed by atoms with E-state index in [1.807, 2.05) is 31.2 Å². The molecule has 0 saturated heterocycles. The lowest BCUT2D eigenvalue weighted by Gasteiger charge is -1.96. The van der Waals surface area contributed by atoms with Gasteiger partial charge in [0.1, 0.15) is 11.1 Å². The van der Waals surface area contributed by atoms with E-state index in [9.17, 15) is 9.59 Å². The molecular weight excluding hydrogens is 234 g/mol. The third kappa shape index (κ3) is 1.46. The molecule has 0 unspecified atom stereocenters. The Labute approximate surface area is 100 Å². The van der Waals surface area contributed by atoms with Crippen molar-refractivity contribution in [3.8, 4) is 11.3 Å². The van der Waals surface area contributed by atoms with Crippen LogP contribution in [-0.2, 0) is 0 Å². The molecule has 6 nitrogen and oxygen atoms in total. The highest BCUT2D eigenvalue weighted by Gasteiger charge is 2.16. The van der Waals surface area contributed by atoms with E-state index >= 15 is 0 Å². The number of fused-ring (bicyclic) bond motifs is 1. The lowest BCUT2D eigenvalue weighted by Crippen LogP contribution is -2.17. The second-order valence-corrected chi connectivity index (χ2v) is 4.01. The van der Waals surface area contributed by atoms with Gasteiger partial charge in [-0.25, -0.2) is 0 Å². The number of rotatable bonds is 1. The first-order valence-electron chi connectivity index (χ1n) is 5.34. The van der Waals surface area contributed by atoms with Gasteiger partial charge < -0.3 is 4.52 Å². The van der Waals surface area contributed by atoms with Crippen LogP contribution in [0.15, 0.2) is 38.4 Å². The van der Waals surface area contributed by atoms with Gasteiger partial charge in [0.2, 0.25) is 5.58 Å². The molecule has 6 heteroatoms. The molecule has 3 aromatic rings. The first-order chi connectivity index (χ1) is 8.66. The number of hydrogen-bond acceptors (Lipinski definition) is 4. The molecule has 0 saturated carbocycles. The molecule has 0 bridgehead atoms. The maximum absolute atomic E-state index is 11.7. The van der Waals surface area contributed by atoms with Gasteiger partial charge in [-0.3, -0.25) is 19.8 Å². The first kappa shape index (κ1) is 10.5. The Kier molecular flexibility index (Phi) is 2.16. The van der Waals surface area contributed by atoms with Crippen LogP contribution in [0.5, 0.6) is 0 Å². The largest absolute Gasteiger partial charge is 0.349 e. The minimum atomic E-state index is -0.504. The Balaban J connectivity index is 2.37. The Morgan fingerprint density at radius 1 is 1.06 bits per heavy atom. The van der Waals surface area contributed by atoms with E-state index in [2.05, 4.69) is 15.4 Å². The Bertz CT molecular complexity index is 824. The molecule has 0 amide bonds. The van der Waals surface area contributed by atoms with Gasteiger partial charge in [-0.05, 0) is 6.92 Å². The van der Waals surface area contributed by atoms with Crippen LogP contribution in [0.25, 0.3) is 22.2 Å². The predicted molar refractivity (Wildman–Crippen MR) is 65.4 cm³/mol. The highest BCUT2D eigenvalue weighted by Crippen LogP contribution is 2.23. The van der Waals surface area contributed by atoms with Crippen molar-refractivity contribution in [1.82, 2.24) is 15.4 Å². The van der Waals surface area contributed by atoms with Crippen molar-refractivity contribution in [3.05, 3.63) is 50.5 Å². The number of aromatic amines is 2. The number of aromatic nitrogens is 3. The van der Waals surface area contributed by atoms with Gasteiger partial charge in [0.05, 0.1) is 0 Å². The quantitative estimate of drug-likeness (QED) is 0.671. The second-order valence-electron chi connectivity index (χ2n) is 4.01. The van der Waals surface area contributed by atoms with Crippen molar-refractivity contribution in [2.75, 3.05) is 0 Å². The van der Waals surface area contributed by atoms with Crippen LogP contribution in [0.1, 0.15) is 5.56 Å². The van der Waals surface area contributed by atoms with Crippen molar-refractivity contribution >= 4 is 11.0 Å². The van der Waals surface area contributed by atoms with Crippen molar-refractivity contribution < 1.29 is 4.52 Å². The molecule has 0 radical (unpaired) electrons. The molecule has 18 heavy (non-hydrogen) atoms. The molecule has 2 N–H and O–H groups in total. The molecule has 0 fully saturated rings. The number of H-pyrrole nitrogens is 2. The van der Waals surface area contributed by atoms with E-state index in [-0.39, 0.29) is 11.0 Å². The number of nitrogens with one attached hydrogen (secondary N) is 2. The van der Waals surface area contributed by atoms with E-state index in [0.717, 1.165) is 11.1 Å². The van der Waals surface area contributed by atoms with Crippen LogP contribution in [0.4, 0.5) is 0 Å². The van der Waals surface area contributed by atoms with Crippen molar-refractivity contribution in [3.63, 3.8) is 0 Å². The van der Waals surface area contributed by atoms with Gasteiger partial charge in [-0.15, -0.1) is 0 Å². The van der Waals surface area contributed by atoms with Crippen molar-refractivity contribution in [2.45, 2.75) is 6.92 Å². The SMILES string of the molecule is Cc1ccc(-c2noc3c(=O)[nH][nH]c(=O)c23)cc1. The van der Waals surface area contributed by atoms with Crippen LogP contribution in [0.2, 0.25) is 0 Å². The molecular formula is C12H9N3O3. The minimum Gasteiger partial charge on any atom is -0.349 e. The lowest BCUT2D eigenvalue weighted by atomic mass is 10.1. The summed E-state index contributed by atoms with van der Waals surface area (Å²) in [6.45, 7) is 1.96. The molecule has 3 rings (SSSR count). The zero-order valence-corrected chi connectivity index (χ0v) is 9.48. The molecule has 0 aliphatic heterocycles. The predicted octanol–water partition coefficient (Wildman–Crippen LogP) is 1.18. The Morgan fingerprint density at radius 2 is 1.72 bits per heavy atom. The summed E-state index contributed by atoms with van der Waals surface area (Å²) in [4.78, 5) is 23.2. The summed E-state index contributed by atoms with van der Waals surface area (Å²) in [6, 6.07) is 7.45. The average Bonchev–Trinajstić information content (AvgIpc) is 2.81. The third-order valence-corrected chi connectivity index (χ3v) is 2.74. The maximum atomic E-state index is 11.7. The van der Waals surface area contributed by atoms with E-state index in [4.69, 9.17) is 4.52 Å². The summed E-state index contributed by atoms with van der Waals surface area (Å²) in [5.74, 6) is 0. The fourth-order valence-corrected chi connectivity index (χ4v) is 1.80. The highest BCUT2D eigenvalue weighted by molar-refractivity contribution is 5.89. The van der Waals surface area contributed by atoms with Crippen LogP contribution in [0, 0.1) is 6.92 Å². The molecule has 2 aromatic heterocycles. The second kappa shape index (κ2) is 3.69. The zero-order chi connectivity index (χ0) is 12.7. The maximum Gasteiger partial charge on any atom is 0.309 e. The number of hydrogen-bond donors (Lipinski definition) is 2. The van der Waals surface area contributed by atoms with E-state index < -0.39 is 11.1 Å². The summed E-state index contributed by atoms with van der Waals surface area (Å²) in [5, 5.41) is 8.42. The van der Waals surface area contributed by atoms with Gasteiger partial charge in [0, 0.05) is 5.56 Å². The fourth-order valence-electron chi connectivity index (χ4n) is 1.80. The standard InChI is InChI=1S/C12H9N3O3/c1-6-2-4-7(5-3-6)9-8-10(18-15-9)12(17)14-13-11(8)16/h2-5H,1H3,(H,13,16)(H,14,17). The summed E-state index contributed by atoms with van der Waals surface area (Å²) in [7, 11) is 0. The Morgan fingerprint density at radius 3 is 2.44 bits per heavy atom. The number of benzene rings is 1. The van der Waals surface area contributed by atoms with Crippen LogP contribution in [0.3, 0.4) is 0 Å². The van der Waals surface area contributed by atoms with Crippen LogP contribution < -0.4 is 11.1 Å². The summed E-state index contributed by atoms with van der Waals surface area (Å²) in [5.41, 5.74) is 1.21. The highest BCUT2D eigenvalue weighted by atomic mass is 16.5. The lowest BCUT2D eigenvalue weighted by molar-refractivity contribution is 0.456. The van der Waals surface area contributed by atoms with Crippen LogP contribution >= 0.6 is 0 Å². The molecule has 90 valence electrons. The molecule has 2 heterocycles. The summed E-state index contributed by atoms with van der Waals surface area (Å²) >= 11 is 0. The Hall–Kier alpha value is -2.63. The topological polar surface area (TPSA) is 91.8 Å². The minimum absolute atomic E-state index is 0.0608. The number of aryl methyl sites for hydroxylation is 1. The van der Waals surface area contributed by atoms with Crippen molar-refractivity contribution in [1.29, 1.82) is 0 Å². The summed E-state index contributed by atoms with van der Waals surface area (Å²) in [6.07, 6.45) is 0. The normalized spacial score (nSPS) is 10.9. The van der Waals surface area contributed by atoms with Gasteiger partial charge in [0.15, 0.2) is 0 Å². The van der Waals surface area contributed by atoms with Gasteiger partial charge in [0.25, 0.3) is 5.56 Å². The average molecular weight is 243 g/mol. The van der Waals surface area contributed by atoms with Gasteiger partial charge in [-0.1, -0.05) is 35.0 Å². The molecule has 0 atom stereocenters. The number of nitrogens with zero attached hydrogens (tertiary/aromatic N) is 1. The summed E-state index contributed by atoms with van der Waals surface area (Å²) < 4.78 is 4.93. The fraction of sp³-hybridized carbons (Fsp3) is 0.0833. The van der Waals surface area contributed by atoms with E-state index in [0.29, 0.717) is 5.69 Å². The third-order valence-electron chi connectivity index (χ3n) is 2.74. The monoisotopic (exact) mass is 243 g/mol. The van der Waals surface area contributed by atoms with Crippen LogP contribution in [-0.4, -0.2) is 15.4 Å². The molecule has 0 aliphatic carbocycles. The molecule has 0 aliphatic rings.